The fourth-order valence-electron chi connectivity index (χ4n) is 0.654. The number of hydrogen-bond acceptors (Lipinski definition) is 4. The van der Waals surface area contributed by atoms with Gasteiger partial charge < -0.3 is 14.6 Å². The highest BCUT2D eigenvalue weighted by molar-refractivity contribution is 5.82. The third-order valence-corrected chi connectivity index (χ3v) is 3.80. The van der Waals surface area contributed by atoms with Gasteiger partial charge in [0, 0.05) is 0 Å². The van der Waals surface area contributed by atoms with Crippen molar-refractivity contribution in [3.63, 3.8) is 0 Å². The third kappa shape index (κ3) is 4.97. The van der Waals surface area contributed by atoms with Gasteiger partial charge in [-0.15, -0.1) is 0 Å². The van der Waals surface area contributed by atoms with E-state index in [-0.39, 0.29) is 5.95 Å². The molecule has 74 valence electrons. The van der Waals surface area contributed by atoms with E-state index in [1.807, 2.05) is 0 Å². The van der Waals surface area contributed by atoms with Crippen LogP contribution in [0, 0.1) is 0 Å². The lowest BCUT2D eigenvalue weighted by atomic mass is 10.5. The van der Waals surface area contributed by atoms with E-state index < -0.39 is 5.97 Å². The topological polar surface area (TPSA) is 55.8 Å². The number of ether oxygens (including phenoxy) is 2. The van der Waals surface area contributed by atoms with E-state index in [1.54, 1.807) is 6.92 Å². The molecule has 1 atom stereocenters. The van der Waals surface area contributed by atoms with Crippen molar-refractivity contribution in [3.05, 3.63) is 12.0 Å². The predicted molar refractivity (Wildman–Crippen MR) is 42.0 cm³/mol. The Labute approximate surface area is 87.2 Å². The molecule has 1 fully saturated rings. The molecule has 1 saturated heterocycles. The van der Waals surface area contributed by atoms with Crippen LogP contribution in [-0.4, -0.2) is 32.6 Å². The molecule has 0 aliphatic carbocycles. The molecule has 0 aromatic rings. The number of aliphatic hydroxyl groups excluding tert-OH is 1. The minimum absolute atomic E-state index is 0.302. The number of carbonyl (C=O) groups is 1. The molecule has 1 N–H and O–H groups in total. The van der Waals surface area contributed by atoms with Crippen molar-refractivity contribution in [1.82, 2.24) is 0 Å². The van der Waals surface area contributed by atoms with E-state index in [0.29, 0.717) is 38.3 Å². The van der Waals surface area contributed by atoms with Gasteiger partial charge in [0.25, 0.3) is 27.2 Å². The summed E-state index contributed by atoms with van der Waals surface area (Å²) in [6.45, 7) is 2.55. The lowest BCUT2D eigenvalue weighted by Gasteiger charge is -2.00. The summed E-state index contributed by atoms with van der Waals surface area (Å²) in [6.07, 6.45) is 0.962. The molecule has 13 heavy (non-hydrogen) atoms. The van der Waals surface area contributed by atoms with E-state index >= 15 is 0 Å². The zero-order valence-corrected chi connectivity index (χ0v) is 9.48. The molecule has 1 rings (SSSR count). The number of esters is 1. The van der Waals surface area contributed by atoms with Gasteiger partial charge in [-0.25, -0.2) is 4.79 Å². The smallest absolute Gasteiger partial charge is 0.337 e. The standard InChI is InChI=1S/C8H11IO4/c1-2-12-7(10)3-8(11)13-5-6-4-9-6/h3,6H,2,4-5H2,1H3/p+1. The van der Waals surface area contributed by atoms with Gasteiger partial charge in [-0.05, 0) is 6.92 Å². The molecule has 0 aromatic heterocycles. The van der Waals surface area contributed by atoms with E-state index in [2.05, 4.69) is 4.74 Å². The maximum Gasteiger partial charge on any atom is 0.337 e. The summed E-state index contributed by atoms with van der Waals surface area (Å²) in [5.41, 5.74) is 0. The minimum atomic E-state index is -0.564. The van der Waals surface area contributed by atoms with Crippen molar-refractivity contribution in [3.8, 4) is 0 Å². The summed E-state index contributed by atoms with van der Waals surface area (Å²) < 4.78 is 11.4. The normalized spacial score (nSPS) is 21.0. The molecule has 1 unspecified atom stereocenters. The molecular weight excluding hydrogens is 287 g/mol. The fourth-order valence-corrected chi connectivity index (χ4v) is 1.70. The van der Waals surface area contributed by atoms with Crippen LogP contribution in [0.5, 0.6) is 0 Å². The number of aliphatic hydroxyl groups is 1. The number of alkyl halides is 2. The first kappa shape index (κ1) is 10.6. The van der Waals surface area contributed by atoms with E-state index in [9.17, 15) is 4.79 Å². The van der Waals surface area contributed by atoms with Gasteiger partial charge in [0.1, 0.15) is 12.7 Å². The van der Waals surface area contributed by atoms with Gasteiger partial charge in [-0.1, -0.05) is 0 Å². The monoisotopic (exact) mass is 299 g/mol. The second kappa shape index (κ2) is 5.31. The first-order chi connectivity index (χ1) is 6.22. The Hall–Kier alpha value is -0.460. The average Bonchev–Trinajstić information content (AvgIpc) is 2.84. The second-order valence-electron chi connectivity index (χ2n) is 2.45. The van der Waals surface area contributed by atoms with Gasteiger partial charge in [0.05, 0.1) is 6.61 Å². The lowest BCUT2D eigenvalue weighted by molar-refractivity contribution is -0.498. The van der Waals surface area contributed by atoms with Crippen LogP contribution in [0.1, 0.15) is 6.92 Å². The first-order valence-electron chi connectivity index (χ1n) is 4.00. The molecule has 0 saturated carbocycles. The Morgan fingerprint density at radius 1 is 1.69 bits per heavy atom. The van der Waals surface area contributed by atoms with Crippen LogP contribution in [0.25, 0.3) is 0 Å². The summed E-state index contributed by atoms with van der Waals surface area (Å²) in [4.78, 5) is 10.8. The van der Waals surface area contributed by atoms with E-state index in [1.165, 1.54) is 4.43 Å². The number of hydrogen-bond donors (Lipinski definition) is 1. The highest BCUT2D eigenvalue weighted by Crippen LogP contribution is 1.94. The van der Waals surface area contributed by atoms with Crippen LogP contribution in [0.3, 0.4) is 0 Å². The quantitative estimate of drug-likeness (QED) is 0.199. The van der Waals surface area contributed by atoms with E-state index in [0.717, 1.165) is 6.08 Å². The number of halogens is 1. The molecule has 0 aromatic carbocycles. The summed E-state index contributed by atoms with van der Waals surface area (Å²) in [7, 11) is 0. The molecular formula is C8H12IO4+. The van der Waals surface area contributed by atoms with Gasteiger partial charge in [-0.3, -0.25) is 0 Å². The first-order valence-corrected chi connectivity index (χ1v) is 6.77. The van der Waals surface area contributed by atoms with Crippen LogP contribution in [0.4, 0.5) is 0 Å². The molecule has 0 bridgehead atoms. The zero-order chi connectivity index (χ0) is 9.68. The van der Waals surface area contributed by atoms with Crippen molar-refractivity contribution in [2.75, 3.05) is 17.6 Å². The number of carbonyl (C=O) groups excluding carboxylic acids is 1. The third-order valence-electron chi connectivity index (χ3n) is 1.31. The molecule has 1 heterocycles. The molecule has 0 radical (unpaired) electrons. The Bertz CT molecular complexity index is 210. The highest BCUT2D eigenvalue weighted by Gasteiger charge is 2.44. The average molecular weight is 299 g/mol. The summed E-state index contributed by atoms with van der Waals surface area (Å²) >= 11 is 0.335. The van der Waals surface area contributed by atoms with Crippen molar-refractivity contribution in [2.45, 2.75) is 10.8 Å². The van der Waals surface area contributed by atoms with Gasteiger partial charge in [0.2, 0.25) is 3.92 Å². The van der Waals surface area contributed by atoms with Crippen molar-refractivity contribution in [1.29, 1.82) is 0 Å². The van der Waals surface area contributed by atoms with Gasteiger partial charge >= 0.3 is 5.97 Å². The lowest BCUT2D eigenvalue weighted by Crippen LogP contribution is -3.48. The van der Waals surface area contributed by atoms with Crippen LogP contribution in [0.2, 0.25) is 0 Å². The van der Waals surface area contributed by atoms with Gasteiger partial charge in [0.15, 0.2) is 4.43 Å². The van der Waals surface area contributed by atoms with Crippen molar-refractivity contribution >= 4 is 5.97 Å². The molecule has 4 nitrogen and oxygen atoms in total. The second-order valence-corrected chi connectivity index (χ2v) is 5.97. The fraction of sp³-hybridized carbons (Fsp3) is 0.625. The molecule has 1 aliphatic heterocycles. The zero-order valence-electron chi connectivity index (χ0n) is 7.33. The Morgan fingerprint density at radius 3 is 2.92 bits per heavy atom. The Morgan fingerprint density at radius 2 is 2.38 bits per heavy atom. The molecule has 0 amide bonds. The SMILES string of the molecule is CCOC(=O)/C=C(\O)OCC1C[I+]1. The van der Waals surface area contributed by atoms with Crippen LogP contribution in [-0.2, 0) is 14.3 Å². The van der Waals surface area contributed by atoms with Gasteiger partial charge in [-0.2, -0.15) is 0 Å². The highest BCUT2D eigenvalue weighted by atomic mass is 127. The Balaban J connectivity index is 2.18. The maximum atomic E-state index is 10.8. The minimum Gasteiger partial charge on any atom is -0.481 e. The van der Waals surface area contributed by atoms with Crippen LogP contribution >= 0.6 is 0 Å². The summed E-state index contributed by atoms with van der Waals surface area (Å²) in [5.74, 6) is -0.903. The van der Waals surface area contributed by atoms with E-state index in [4.69, 9.17) is 9.84 Å². The van der Waals surface area contributed by atoms with Crippen LogP contribution < -0.4 is 21.2 Å². The van der Waals surface area contributed by atoms with Crippen molar-refractivity contribution in [2.24, 2.45) is 0 Å². The van der Waals surface area contributed by atoms with Crippen molar-refractivity contribution < 1.29 is 40.6 Å². The maximum absolute atomic E-state index is 10.8. The van der Waals surface area contributed by atoms with Crippen LogP contribution in [0.15, 0.2) is 12.0 Å². The molecule has 5 heteroatoms. The molecule has 0 spiro atoms. The summed E-state index contributed by atoms with van der Waals surface area (Å²) in [6, 6.07) is 0. The number of rotatable bonds is 5. The molecule has 1 aliphatic rings. The summed E-state index contributed by atoms with van der Waals surface area (Å²) in [5, 5.41) is 9.07. The Kier molecular flexibility index (Phi) is 4.34. The largest absolute Gasteiger partial charge is 0.481 e. The predicted octanol–water partition coefficient (Wildman–Crippen LogP) is -2.56.